The Kier molecular flexibility index (Phi) is 2.76. The largest absolute Gasteiger partial charge is 0.340 e. The van der Waals surface area contributed by atoms with Crippen molar-refractivity contribution in [3.8, 4) is 0 Å². The first-order valence-corrected chi connectivity index (χ1v) is 4.81. The molecule has 1 rings (SSSR count). The van der Waals surface area contributed by atoms with Crippen LogP contribution in [0.5, 0.6) is 0 Å². The molecule has 70 valence electrons. The number of carbonyl (C=O) groups is 1. The van der Waals surface area contributed by atoms with Crippen molar-refractivity contribution in [1.29, 1.82) is 0 Å². The fourth-order valence-corrected chi connectivity index (χ4v) is 2.30. The van der Waals surface area contributed by atoms with E-state index in [1.54, 1.807) is 6.92 Å². The number of carbonyl (C=O) groups excluding carboxylic acids is 1. The third-order valence-electron chi connectivity index (χ3n) is 3.08. The highest BCUT2D eigenvalue weighted by Gasteiger charge is 2.33. The van der Waals surface area contributed by atoms with Crippen molar-refractivity contribution in [2.24, 2.45) is 11.8 Å². The predicted molar refractivity (Wildman–Crippen MR) is 49.8 cm³/mol. The summed E-state index contributed by atoms with van der Waals surface area (Å²) < 4.78 is 0. The van der Waals surface area contributed by atoms with Gasteiger partial charge in [0.2, 0.25) is 5.91 Å². The third kappa shape index (κ3) is 1.62. The Morgan fingerprint density at radius 3 is 2.33 bits per heavy atom. The van der Waals surface area contributed by atoms with E-state index in [1.807, 2.05) is 4.90 Å². The first-order valence-electron chi connectivity index (χ1n) is 4.81. The summed E-state index contributed by atoms with van der Waals surface area (Å²) in [5.41, 5.74) is 0. The van der Waals surface area contributed by atoms with Crippen LogP contribution in [-0.4, -0.2) is 23.4 Å². The van der Waals surface area contributed by atoms with Crippen molar-refractivity contribution in [3.05, 3.63) is 0 Å². The average Bonchev–Trinajstić information content (AvgIpc) is 2.30. The molecule has 0 N–H and O–H groups in total. The van der Waals surface area contributed by atoms with E-state index in [-0.39, 0.29) is 5.91 Å². The summed E-state index contributed by atoms with van der Waals surface area (Å²) in [6.07, 6.45) is 1.18. The highest BCUT2D eigenvalue weighted by Crippen LogP contribution is 2.29. The fourth-order valence-electron chi connectivity index (χ4n) is 2.30. The zero-order chi connectivity index (χ0) is 9.30. The van der Waals surface area contributed by atoms with Crippen LogP contribution in [0.1, 0.15) is 34.1 Å². The van der Waals surface area contributed by atoms with Gasteiger partial charge in [-0.05, 0) is 25.2 Å². The lowest BCUT2D eigenvalue weighted by Crippen LogP contribution is -2.35. The smallest absolute Gasteiger partial charge is 0.219 e. The van der Waals surface area contributed by atoms with Crippen molar-refractivity contribution in [1.82, 2.24) is 4.90 Å². The Morgan fingerprint density at radius 1 is 1.50 bits per heavy atom. The highest BCUT2D eigenvalue weighted by atomic mass is 16.2. The first-order chi connectivity index (χ1) is 5.54. The van der Waals surface area contributed by atoms with Gasteiger partial charge in [-0.15, -0.1) is 0 Å². The van der Waals surface area contributed by atoms with Crippen LogP contribution in [0.25, 0.3) is 0 Å². The molecule has 0 spiro atoms. The molecule has 2 nitrogen and oxygen atoms in total. The number of nitrogens with zero attached hydrogens (tertiary/aromatic N) is 1. The summed E-state index contributed by atoms with van der Waals surface area (Å²) >= 11 is 0. The van der Waals surface area contributed by atoms with Crippen LogP contribution in [0.3, 0.4) is 0 Å². The van der Waals surface area contributed by atoms with Crippen LogP contribution in [0.4, 0.5) is 0 Å². The van der Waals surface area contributed by atoms with E-state index in [0.29, 0.717) is 17.9 Å². The number of hydrogen-bond donors (Lipinski definition) is 0. The molecular formula is C10H19NO. The lowest BCUT2D eigenvalue weighted by Gasteiger charge is -2.25. The summed E-state index contributed by atoms with van der Waals surface area (Å²) in [6, 6.07) is 0.447. The lowest BCUT2D eigenvalue weighted by atomic mass is 9.90. The predicted octanol–water partition coefficient (Wildman–Crippen LogP) is 1.90. The van der Waals surface area contributed by atoms with Crippen LogP contribution in [0.15, 0.2) is 0 Å². The van der Waals surface area contributed by atoms with E-state index >= 15 is 0 Å². The van der Waals surface area contributed by atoms with Gasteiger partial charge in [-0.3, -0.25) is 4.79 Å². The van der Waals surface area contributed by atoms with Gasteiger partial charge >= 0.3 is 0 Å². The summed E-state index contributed by atoms with van der Waals surface area (Å²) in [6.45, 7) is 9.27. The SMILES string of the molecule is CC(=O)N1CCC(C(C)C)C1C. The standard InChI is InChI=1S/C10H19NO/c1-7(2)10-5-6-11(8(10)3)9(4)12/h7-8,10H,5-6H2,1-4H3. The minimum absolute atomic E-state index is 0.227. The quantitative estimate of drug-likeness (QED) is 0.587. The molecule has 0 aliphatic carbocycles. The lowest BCUT2D eigenvalue weighted by molar-refractivity contribution is -0.129. The molecule has 0 saturated carbocycles. The van der Waals surface area contributed by atoms with Crippen molar-refractivity contribution < 1.29 is 4.79 Å². The second kappa shape index (κ2) is 3.46. The van der Waals surface area contributed by atoms with E-state index in [0.717, 1.165) is 6.54 Å². The van der Waals surface area contributed by atoms with Crippen LogP contribution in [0, 0.1) is 11.8 Å². The van der Waals surface area contributed by atoms with Gasteiger partial charge in [0.25, 0.3) is 0 Å². The van der Waals surface area contributed by atoms with E-state index < -0.39 is 0 Å². The summed E-state index contributed by atoms with van der Waals surface area (Å²) in [5, 5.41) is 0. The molecule has 0 radical (unpaired) electrons. The molecule has 2 atom stereocenters. The Hall–Kier alpha value is -0.530. The molecule has 1 saturated heterocycles. The number of likely N-dealkylation sites (tertiary alicyclic amines) is 1. The summed E-state index contributed by atoms with van der Waals surface area (Å²) in [4.78, 5) is 13.1. The third-order valence-corrected chi connectivity index (χ3v) is 3.08. The highest BCUT2D eigenvalue weighted by molar-refractivity contribution is 5.73. The maximum absolute atomic E-state index is 11.2. The molecule has 1 fully saturated rings. The summed E-state index contributed by atoms with van der Waals surface area (Å²) in [5.74, 6) is 1.63. The normalized spacial score (nSPS) is 29.9. The van der Waals surface area contributed by atoms with Gasteiger partial charge in [0, 0.05) is 19.5 Å². The number of rotatable bonds is 1. The summed E-state index contributed by atoms with van der Waals surface area (Å²) in [7, 11) is 0. The zero-order valence-corrected chi connectivity index (χ0v) is 8.50. The molecular weight excluding hydrogens is 150 g/mol. The van der Waals surface area contributed by atoms with E-state index in [4.69, 9.17) is 0 Å². The molecule has 0 aromatic heterocycles. The molecule has 1 amide bonds. The molecule has 0 aromatic carbocycles. The van der Waals surface area contributed by atoms with Gasteiger partial charge < -0.3 is 4.90 Å². The second-order valence-electron chi connectivity index (χ2n) is 4.15. The topological polar surface area (TPSA) is 20.3 Å². The minimum atomic E-state index is 0.227. The molecule has 1 aliphatic heterocycles. The van der Waals surface area contributed by atoms with Gasteiger partial charge in [0.05, 0.1) is 0 Å². The maximum Gasteiger partial charge on any atom is 0.219 e. The van der Waals surface area contributed by atoms with E-state index in [2.05, 4.69) is 20.8 Å². The maximum atomic E-state index is 11.2. The van der Waals surface area contributed by atoms with E-state index in [9.17, 15) is 4.79 Å². The van der Waals surface area contributed by atoms with Crippen molar-refractivity contribution in [3.63, 3.8) is 0 Å². The van der Waals surface area contributed by atoms with Gasteiger partial charge in [-0.2, -0.15) is 0 Å². The fraction of sp³-hybridized carbons (Fsp3) is 0.900. The molecule has 1 heterocycles. The molecule has 1 aliphatic rings. The molecule has 0 aromatic rings. The first kappa shape index (κ1) is 9.56. The van der Waals surface area contributed by atoms with Crippen LogP contribution in [-0.2, 0) is 4.79 Å². The van der Waals surface area contributed by atoms with Crippen LogP contribution in [0.2, 0.25) is 0 Å². The Morgan fingerprint density at radius 2 is 2.08 bits per heavy atom. The Balaban J connectivity index is 2.61. The van der Waals surface area contributed by atoms with Crippen LogP contribution < -0.4 is 0 Å². The van der Waals surface area contributed by atoms with Crippen LogP contribution >= 0.6 is 0 Å². The number of hydrogen-bond acceptors (Lipinski definition) is 1. The van der Waals surface area contributed by atoms with Gasteiger partial charge in [-0.25, -0.2) is 0 Å². The molecule has 12 heavy (non-hydrogen) atoms. The molecule has 2 unspecified atom stereocenters. The van der Waals surface area contributed by atoms with Crippen molar-refractivity contribution in [2.75, 3.05) is 6.54 Å². The average molecular weight is 169 g/mol. The minimum Gasteiger partial charge on any atom is -0.340 e. The number of amides is 1. The molecule has 2 heteroatoms. The monoisotopic (exact) mass is 169 g/mol. The Labute approximate surface area is 74.9 Å². The van der Waals surface area contributed by atoms with Crippen molar-refractivity contribution >= 4 is 5.91 Å². The van der Waals surface area contributed by atoms with Gasteiger partial charge in [0.1, 0.15) is 0 Å². The zero-order valence-electron chi connectivity index (χ0n) is 8.50. The second-order valence-corrected chi connectivity index (χ2v) is 4.15. The van der Waals surface area contributed by atoms with E-state index in [1.165, 1.54) is 6.42 Å². The van der Waals surface area contributed by atoms with Crippen molar-refractivity contribution in [2.45, 2.75) is 40.2 Å². The van der Waals surface area contributed by atoms with Gasteiger partial charge in [-0.1, -0.05) is 13.8 Å². The van der Waals surface area contributed by atoms with Gasteiger partial charge in [0.15, 0.2) is 0 Å². The molecule has 0 bridgehead atoms. The Bertz CT molecular complexity index is 177.